The summed E-state index contributed by atoms with van der Waals surface area (Å²) in [5.41, 5.74) is 3.42. The third-order valence-electron chi connectivity index (χ3n) is 5.23. The molecule has 1 aliphatic rings. The first-order chi connectivity index (χ1) is 13.5. The molecule has 0 saturated carbocycles. The fraction of sp³-hybridized carbons (Fsp3) is 0.348. The monoisotopic (exact) mass is 378 g/mol. The van der Waals surface area contributed by atoms with Crippen LogP contribution in [0.1, 0.15) is 44.7 Å². The van der Waals surface area contributed by atoms with Crippen LogP contribution in [0.25, 0.3) is 0 Å². The number of hydrogen-bond donors (Lipinski definition) is 0. The number of carbonyl (C=O) groups is 3. The van der Waals surface area contributed by atoms with Crippen LogP contribution in [0.2, 0.25) is 0 Å². The topological polar surface area (TPSA) is 57.7 Å². The predicted molar refractivity (Wildman–Crippen MR) is 108 cm³/mol. The van der Waals surface area contributed by atoms with Crippen LogP contribution in [0, 0.1) is 13.8 Å². The van der Waals surface area contributed by atoms with Crippen LogP contribution in [-0.2, 0) is 4.79 Å². The molecular weight excluding hydrogens is 352 g/mol. The summed E-state index contributed by atoms with van der Waals surface area (Å²) < 4.78 is 0. The van der Waals surface area contributed by atoms with Crippen molar-refractivity contribution in [3.8, 4) is 0 Å². The number of piperazine rings is 1. The number of amides is 2. The number of ketones is 1. The lowest BCUT2D eigenvalue weighted by Crippen LogP contribution is -2.50. The first-order valence-electron chi connectivity index (χ1n) is 9.68. The molecule has 0 atom stereocenters. The van der Waals surface area contributed by atoms with E-state index in [0.717, 1.165) is 11.1 Å². The molecule has 0 spiro atoms. The molecule has 1 heterocycles. The maximum Gasteiger partial charge on any atom is 0.254 e. The predicted octanol–water partition coefficient (Wildman–Crippen LogP) is 3.25. The highest BCUT2D eigenvalue weighted by Crippen LogP contribution is 2.14. The van der Waals surface area contributed by atoms with E-state index in [9.17, 15) is 14.4 Å². The van der Waals surface area contributed by atoms with Crippen LogP contribution in [0.4, 0.5) is 0 Å². The van der Waals surface area contributed by atoms with Crippen molar-refractivity contribution in [2.75, 3.05) is 26.2 Å². The lowest BCUT2D eigenvalue weighted by Gasteiger charge is -2.35. The SMILES string of the molecule is Cc1ccc(C(=O)CCC(=O)N2CCN(C(=O)c3ccccc3C)CC2)cc1. The number of rotatable bonds is 5. The number of Topliss-reactive ketones (excluding diaryl/α,β-unsaturated/α-hetero) is 1. The van der Waals surface area contributed by atoms with Crippen molar-refractivity contribution in [2.45, 2.75) is 26.7 Å². The normalized spacial score (nSPS) is 14.1. The van der Waals surface area contributed by atoms with Crippen LogP contribution in [0.15, 0.2) is 48.5 Å². The van der Waals surface area contributed by atoms with E-state index in [2.05, 4.69) is 0 Å². The molecule has 0 aromatic heterocycles. The molecule has 1 saturated heterocycles. The van der Waals surface area contributed by atoms with Crippen LogP contribution in [0.5, 0.6) is 0 Å². The zero-order chi connectivity index (χ0) is 20.1. The summed E-state index contributed by atoms with van der Waals surface area (Å²) in [7, 11) is 0. The third kappa shape index (κ3) is 4.66. The lowest BCUT2D eigenvalue weighted by atomic mass is 10.0. The number of nitrogens with zero attached hydrogens (tertiary/aromatic N) is 2. The van der Waals surface area contributed by atoms with Gasteiger partial charge in [-0.05, 0) is 25.5 Å². The Balaban J connectivity index is 1.48. The van der Waals surface area contributed by atoms with Gasteiger partial charge in [-0.3, -0.25) is 14.4 Å². The minimum Gasteiger partial charge on any atom is -0.339 e. The molecule has 5 nitrogen and oxygen atoms in total. The second-order valence-corrected chi connectivity index (χ2v) is 7.28. The quantitative estimate of drug-likeness (QED) is 0.751. The smallest absolute Gasteiger partial charge is 0.254 e. The summed E-state index contributed by atoms with van der Waals surface area (Å²) in [6, 6.07) is 15.0. The second-order valence-electron chi connectivity index (χ2n) is 7.28. The van der Waals surface area contributed by atoms with Crippen molar-refractivity contribution < 1.29 is 14.4 Å². The Morgan fingerprint density at radius 2 is 1.39 bits per heavy atom. The minimum atomic E-state index is -0.0246. The number of benzene rings is 2. The van der Waals surface area contributed by atoms with Crippen LogP contribution in [0.3, 0.4) is 0 Å². The fourth-order valence-electron chi connectivity index (χ4n) is 3.40. The molecule has 3 rings (SSSR count). The van der Waals surface area contributed by atoms with Gasteiger partial charge in [0.05, 0.1) is 0 Å². The van der Waals surface area contributed by atoms with Gasteiger partial charge >= 0.3 is 0 Å². The van der Waals surface area contributed by atoms with Gasteiger partial charge in [0, 0.05) is 50.1 Å². The molecule has 2 amide bonds. The van der Waals surface area contributed by atoms with E-state index in [4.69, 9.17) is 0 Å². The fourth-order valence-corrected chi connectivity index (χ4v) is 3.40. The van der Waals surface area contributed by atoms with Crippen molar-refractivity contribution in [3.63, 3.8) is 0 Å². The average molecular weight is 378 g/mol. The van der Waals surface area contributed by atoms with Gasteiger partial charge in [-0.1, -0.05) is 48.0 Å². The lowest BCUT2D eigenvalue weighted by molar-refractivity contribution is -0.132. The summed E-state index contributed by atoms with van der Waals surface area (Å²) in [4.78, 5) is 40.9. The molecule has 5 heteroatoms. The molecule has 0 aliphatic carbocycles. The van der Waals surface area contributed by atoms with E-state index in [1.165, 1.54) is 0 Å². The van der Waals surface area contributed by atoms with E-state index in [1.54, 1.807) is 21.9 Å². The zero-order valence-electron chi connectivity index (χ0n) is 16.5. The average Bonchev–Trinajstić information content (AvgIpc) is 2.72. The molecule has 0 radical (unpaired) electrons. The van der Waals surface area contributed by atoms with Crippen molar-refractivity contribution in [1.29, 1.82) is 0 Å². The Morgan fingerprint density at radius 3 is 2.04 bits per heavy atom. The van der Waals surface area contributed by atoms with Gasteiger partial charge in [-0.15, -0.1) is 0 Å². The van der Waals surface area contributed by atoms with Gasteiger partial charge in [0.25, 0.3) is 5.91 Å². The largest absolute Gasteiger partial charge is 0.339 e. The first-order valence-corrected chi connectivity index (χ1v) is 9.68. The Hall–Kier alpha value is -2.95. The van der Waals surface area contributed by atoms with Gasteiger partial charge in [0.2, 0.25) is 5.91 Å². The van der Waals surface area contributed by atoms with Gasteiger partial charge in [0.1, 0.15) is 0 Å². The molecule has 0 bridgehead atoms. The molecule has 1 aliphatic heterocycles. The summed E-state index contributed by atoms with van der Waals surface area (Å²) in [6.07, 6.45) is 0.419. The molecule has 0 unspecified atom stereocenters. The molecule has 28 heavy (non-hydrogen) atoms. The highest BCUT2D eigenvalue weighted by molar-refractivity contribution is 5.98. The van der Waals surface area contributed by atoms with E-state index in [0.29, 0.717) is 37.3 Å². The molecule has 1 fully saturated rings. The number of hydrogen-bond acceptors (Lipinski definition) is 3. The third-order valence-corrected chi connectivity index (χ3v) is 5.23. The Labute approximate surface area is 166 Å². The summed E-state index contributed by atoms with van der Waals surface area (Å²) in [5.74, 6) is -0.0232. The van der Waals surface area contributed by atoms with Crippen molar-refractivity contribution in [2.24, 2.45) is 0 Å². The van der Waals surface area contributed by atoms with Crippen LogP contribution in [-0.4, -0.2) is 53.6 Å². The van der Waals surface area contributed by atoms with Crippen LogP contribution < -0.4 is 0 Å². The van der Waals surface area contributed by atoms with Crippen LogP contribution >= 0.6 is 0 Å². The van der Waals surface area contributed by atoms with E-state index in [-0.39, 0.29) is 30.4 Å². The summed E-state index contributed by atoms with van der Waals surface area (Å²) in [5, 5.41) is 0. The zero-order valence-corrected chi connectivity index (χ0v) is 16.5. The molecular formula is C23H26N2O3. The molecule has 2 aromatic carbocycles. The standard InChI is InChI=1S/C23H26N2O3/c1-17-7-9-19(10-8-17)21(26)11-12-22(27)24-13-15-25(16-14-24)23(28)20-6-4-3-5-18(20)2/h3-10H,11-16H2,1-2H3. The molecule has 146 valence electrons. The Bertz CT molecular complexity index is 866. The minimum absolute atomic E-state index is 0.0123. The Kier molecular flexibility index (Phi) is 6.24. The second kappa shape index (κ2) is 8.83. The summed E-state index contributed by atoms with van der Waals surface area (Å²) >= 11 is 0. The van der Waals surface area contributed by atoms with E-state index in [1.807, 2.05) is 50.2 Å². The maximum atomic E-state index is 12.7. The van der Waals surface area contributed by atoms with E-state index >= 15 is 0 Å². The van der Waals surface area contributed by atoms with Crippen molar-refractivity contribution in [1.82, 2.24) is 9.80 Å². The Morgan fingerprint density at radius 1 is 0.786 bits per heavy atom. The van der Waals surface area contributed by atoms with Gasteiger partial charge in [0.15, 0.2) is 5.78 Å². The van der Waals surface area contributed by atoms with Gasteiger partial charge < -0.3 is 9.80 Å². The van der Waals surface area contributed by atoms with Gasteiger partial charge in [-0.25, -0.2) is 0 Å². The summed E-state index contributed by atoms with van der Waals surface area (Å²) in [6.45, 7) is 5.96. The van der Waals surface area contributed by atoms with Crippen molar-refractivity contribution in [3.05, 3.63) is 70.8 Å². The highest BCUT2D eigenvalue weighted by Gasteiger charge is 2.25. The van der Waals surface area contributed by atoms with Gasteiger partial charge in [-0.2, -0.15) is 0 Å². The first kappa shape index (κ1) is 19.8. The highest BCUT2D eigenvalue weighted by atomic mass is 16.2. The van der Waals surface area contributed by atoms with E-state index < -0.39 is 0 Å². The molecule has 2 aromatic rings. The number of carbonyl (C=O) groups excluding carboxylic acids is 3. The van der Waals surface area contributed by atoms with Crippen molar-refractivity contribution >= 4 is 17.6 Å². The maximum absolute atomic E-state index is 12.7. The molecule has 0 N–H and O–H groups in total. The number of aryl methyl sites for hydroxylation is 2.